The standard InChI is InChI=1S/C11H16O4S/c1-11(2,8-12)16(13,14)10-6-4-9(15-3)5-7-10/h4-7,12H,8H2,1-3H3. The smallest absolute Gasteiger partial charge is 0.185 e. The highest BCUT2D eigenvalue weighted by Crippen LogP contribution is 2.26. The van der Waals surface area contributed by atoms with Crippen LogP contribution in [-0.4, -0.2) is 32.0 Å². The monoisotopic (exact) mass is 244 g/mol. The average Bonchev–Trinajstić information content (AvgIpc) is 2.29. The molecular formula is C11H16O4S. The van der Waals surface area contributed by atoms with Crippen LogP contribution in [0, 0.1) is 0 Å². The van der Waals surface area contributed by atoms with Crippen molar-refractivity contribution in [3.8, 4) is 5.75 Å². The van der Waals surface area contributed by atoms with Crippen LogP contribution >= 0.6 is 0 Å². The van der Waals surface area contributed by atoms with E-state index in [2.05, 4.69) is 0 Å². The van der Waals surface area contributed by atoms with Gasteiger partial charge in [-0.15, -0.1) is 0 Å². The molecule has 0 saturated carbocycles. The molecule has 0 atom stereocenters. The van der Waals surface area contributed by atoms with Gasteiger partial charge in [0.2, 0.25) is 0 Å². The van der Waals surface area contributed by atoms with Crippen molar-refractivity contribution in [3.05, 3.63) is 24.3 Å². The van der Waals surface area contributed by atoms with Crippen LogP contribution in [0.3, 0.4) is 0 Å². The number of aliphatic hydroxyl groups is 1. The molecule has 0 fully saturated rings. The molecule has 0 saturated heterocycles. The summed E-state index contributed by atoms with van der Waals surface area (Å²) in [6.45, 7) is 2.57. The highest BCUT2D eigenvalue weighted by atomic mass is 32.2. The molecule has 1 aromatic carbocycles. The molecule has 1 aromatic rings. The van der Waals surface area contributed by atoms with Crippen LogP contribution in [0.1, 0.15) is 13.8 Å². The van der Waals surface area contributed by atoms with Gasteiger partial charge >= 0.3 is 0 Å². The third-order valence-electron chi connectivity index (χ3n) is 2.48. The zero-order valence-corrected chi connectivity index (χ0v) is 10.4. The minimum absolute atomic E-state index is 0.187. The maximum absolute atomic E-state index is 12.1. The first kappa shape index (κ1) is 13.0. The summed E-state index contributed by atoms with van der Waals surface area (Å²) in [4.78, 5) is 0.187. The van der Waals surface area contributed by atoms with Gasteiger partial charge in [0, 0.05) is 0 Å². The predicted octanol–water partition coefficient (Wildman–Crippen LogP) is 1.24. The van der Waals surface area contributed by atoms with Gasteiger partial charge in [-0.05, 0) is 38.1 Å². The molecule has 0 bridgehead atoms. The number of rotatable bonds is 4. The molecule has 4 nitrogen and oxygen atoms in total. The second-order valence-electron chi connectivity index (χ2n) is 4.10. The second-order valence-corrected chi connectivity index (χ2v) is 6.68. The number of methoxy groups -OCH3 is 1. The number of hydrogen-bond acceptors (Lipinski definition) is 4. The van der Waals surface area contributed by atoms with E-state index in [4.69, 9.17) is 9.84 Å². The molecule has 90 valence electrons. The van der Waals surface area contributed by atoms with Crippen molar-refractivity contribution in [3.63, 3.8) is 0 Å². The van der Waals surface area contributed by atoms with Crippen molar-refractivity contribution in [2.24, 2.45) is 0 Å². The van der Waals surface area contributed by atoms with Crippen LogP contribution in [0.5, 0.6) is 5.75 Å². The Morgan fingerprint density at radius 2 is 1.75 bits per heavy atom. The molecule has 0 aliphatic heterocycles. The van der Waals surface area contributed by atoms with Gasteiger partial charge in [0.1, 0.15) is 5.75 Å². The molecule has 0 unspecified atom stereocenters. The number of hydrogen-bond donors (Lipinski definition) is 1. The molecule has 16 heavy (non-hydrogen) atoms. The van der Waals surface area contributed by atoms with Crippen molar-refractivity contribution in [1.82, 2.24) is 0 Å². The number of benzene rings is 1. The Labute approximate surface area is 95.8 Å². The van der Waals surface area contributed by atoms with Crippen LogP contribution in [0.4, 0.5) is 0 Å². The lowest BCUT2D eigenvalue weighted by molar-refractivity contribution is 0.258. The Hall–Kier alpha value is -1.07. The van der Waals surface area contributed by atoms with Gasteiger partial charge in [-0.25, -0.2) is 8.42 Å². The van der Waals surface area contributed by atoms with Crippen molar-refractivity contribution in [1.29, 1.82) is 0 Å². The summed E-state index contributed by atoms with van der Waals surface area (Å²) in [5.41, 5.74) is 0. The zero-order chi connectivity index (χ0) is 12.4. The Morgan fingerprint density at radius 3 is 2.12 bits per heavy atom. The van der Waals surface area contributed by atoms with E-state index in [1.165, 1.54) is 33.1 Å². The summed E-state index contributed by atoms with van der Waals surface area (Å²) in [5, 5.41) is 9.09. The molecule has 5 heteroatoms. The van der Waals surface area contributed by atoms with E-state index in [0.717, 1.165) is 0 Å². The van der Waals surface area contributed by atoms with Crippen molar-refractivity contribution < 1.29 is 18.3 Å². The van der Waals surface area contributed by atoms with Crippen LogP contribution in [0.25, 0.3) is 0 Å². The van der Waals surface area contributed by atoms with E-state index in [0.29, 0.717) is 5.75 Å². The minimum Gasteiger partial charge on any atom is -0.497 e. The molecule has 0 heterocycles. The fourth-order valence-corrected chi connectivity index (χ4v) is 2.46. The van der Waals surface area contributed by atoms with Gasteiger partial charge in [0.25, 0.3) is 0 Å². The first-order valence-electron chi connectivity index (χ1n) is 4.85. The third kappa shape index (κ3) is 2.20. The van der Waals surface area contributed by atoms with Crippen LogP contribution in [0.15, 0.2) is 29.2 Å². The van der Waals surface area contributed by atoms with Crippen molar-refractivity contribution in [2.45, 2.75) is 23.5 Å². The first-order chi connectivity index (χ1) is 7.35. The molecule has 0 amide bonds. The highest BCUT2D eigenvalue weighted by Gasteiger charge is 2.34. The van der Waals surface area contributed by atoms with E-state index in [1.54, 1.807) is 12.1 Å². The average molecular weight is 244 g/mol. The van der Waals surface area contributed by atoms with Crippen LogP contribution in [0.2, 0.25) is 0 Å². The largest absolute Gasteiger partial charge is 0.497 e. The van der Waals surface area contributed by atoms with E-state index >= 15 is 0 Å². The molecule has 0 radical (unpaired) electrons. The van der Waals surface area contributed by atoms with Gasteiger partial charge in [0.05, 0.1) is 23.4 Å². The number of sulfone groups is 1. The quantitative estimate of drug-likeness (QED) is 0.865. The van der Waals surface area contributed by atoms with Crippen LogP contribution < -0.4 is 4.74 Å². The predicted molar refractivity (Wildman–Crippen MR) is 61.3 cm³/mol. The molecule has 1 rings (SSSR count). The maximum Gasteiger partial charge on any atom is 0.185 e. The lowest BCUT2D eigenvalue weighted by atomic mass is 10.2. The van der Waals surface area contributed by atoms with Crippen molar-refractivity contribution in [2.75, 3.05) is 13.7 Å². The molecule has 0 aliphatic carbocycles. The summed E-state index contributed by atoms with van der Waals surface area (Å²) in [6.07, 6.45) is 0. The summed E-state index contributed by atoms with van der Waals surface area (Å²) in [7, 11) is -2.00. The molecule has 0 spiro atoms. The normalized spacial score (nSPS) is 12.5. The lowest BCUT2D eigenvalue weighted by Gasteiger charge is -2.22. The fraction of sp³-hybridized carbons (Fsp3) is 0.455. The fourth-order valence-electron chi connectivity index (χ4n) is 1.16. The summed E-state index contributed by atoms with van der Waals surface area (Å²) >= 11 is 0. The molecule has 1 N–H and O–H groups in total. The lowest BCUT2D eigenvalue weighted by Crippen LogP contribution is -2.35. The Balaban J connectivity index is 3.18. The number of aliphatic hydroxyl groups excluding tert-OH is 1. The Morgan fingerprint density at radius 1 is 1.25 bits per heavy atom. The Bertz CT molecular complexity index is 445. The molecule has 0 aliphatic rings. The maximum atomic E-state index is 12.1. The third-order valence-corrected chi connectivity index (χ3v) is 4.95. The summed E-state index contributed by atoms with van der Waals surface area (Å²) < 4.78 is 27.9. The van der Waals surface area contributed by atoms with Gasteiger partial charge in [-0.3, -0.25) is 0 Å². The van der Waals surface area contributed by atoms with E-state index in [1.807, 2.05) is 0 Å². The molecular weight excluding hydrogens is 228 g/mol. The number of ether oxygens (including phenoxy) is 1. The van der Waals surface area contributed by atoms with Gasteiger partial charge < -0.3 is 9.84 Å². The summed E-state index contributed by atoms with van der Waals surface area (Å²) in [5.74, 6) is 0.598. The van der Waals surface area contributed by atoms with E-state index in [9.17, 15) is 8.42 Å². The topological polar surface area (TPSA) is 63.6 Å². The van der Waals surface area contributed by atoms with Gasteiger partial charge in [-0.1, -0.05) is 0 Å². The SMILES string of the molecule is COc1ccc(S(=O)(=O)C(C)(C)CO)cc1. The Kier molecular flexibility index (Phi) is 3.60. The molecule has 0 aromatic heterocycles. The zero-order valence-electron chi connectivity index (χ0n) is 9.60. The van der Waals surface area contributed by atoms with Crippen LogP contribution in [-0.2, 0) is 9.84 Å². The van der Waals surface area contributed by atoms with E-state index in [-0.39, 0.29) is 4.90 Å². The second kappa shape index (κ2) is 4.43. The first-order valence-corrected chi connectivity index (χ1v) is 6.33. The van der Waals surface area contributed by atoms with Gasteiger partial charge in [0.15, 0.2) is 9.84 Å². The summed E-state index contributed by atoms with van der Waals surface area (Å²) in [6, 6.07) is 6.12. The van der Waals surface area contributed by atoms with Crippen molar-refractivity contribution >= 4 is 9.84 Å². The van der Waals surface area contributed by atoms with Gasteiger partial charge in [-0.2, -0.15) is 0 Å². The van der Waals surface area contributed by atoms with E-state index < -0.39 is 21.2 Å². The highest BCUT2D eigenvalue weighted by molar-refractivity contribution is 7.92. The minimum atomic E-state index is -3.52.